The maximum atomic E-state index is 11.7. The molecule has 5 N–H and O–H groups in total. The van der Waals surface area contributed by atoms with E-state index in [1.54, 1.807) is 13.2 Å². The van der Waals surface area contributed by atoms with E-state index in [1.165, 1.54) is 6.08 Å². The highest BCUT2D eigenvalue weighted by atomic mass is 79.9. The van der Waals surface area contributed by atoms with Crippen LogP contribution in [0.25, 0.3) is 6.08 Å². The molecule has 8 nitrogen and oxygen atoms in total. The smallest absolute Gasteiger partial charge is 0.490 e. The first-order valence-electron chi connectivity index (χ1n) is 8.46. The molecular weight excluding hydrogens is 477 g/mol. The van der Waals surface area contributed by atoms with Gasteiger partial charge in [0.2, 0.25) is 5.91 Å². The third kappa shape index (κ3) is 12.1. The molecule has 0 aromatic heterocycles. The summed E-state index contributed by atoms with van der Waals surface area (Å²) in [6, 6.07) is 4.68. The molecular formula is C18H22BrF3N2O6. The second-order valence-corrected chi connectivity index (χ2v) is 6.62. The zero-order valence-corrected chi connectivity index (χ0v) is 17.5. The molecule has 0 fully saturated rings. The standard InChI is InChI=1S/C16H21BrN2O4.C2HF3O2/c1-23-14-7-5-11(10-12(14)17)6-8-15(20)19-9-3-2-4-13(18)16(21)22;3-2(4,5)1(6)7/h5-8,10,13H,2-4,9,18H2,1H3,(H,19,20)(H,21,22);(H,6,7)/b8-6+;/t13-;/m1./s1. The number of carbonyl (C=O) groups is 3. The summed E-state index contributed by atoms with van der Waals surface area (Å²) in [6.45, 7) is 0.488. The molecule has 0 heterocycles. The maximum Gasteiger partial charge on any atom is 0.490 e. The number of halogens is 4. The van der Waals surface area contributed by atoms with Crippen LogP contribution in [-0.4, -0.2) is 53.9 Å². The summed E-state index contributed by atoms with van der Waals surface area (Å²) in [5.41, 5.74) is 6.27. The van der Waals surface area contributed by atoms with Gasteiger partial charge in [-0.3, -0.25) is 9.59 Å². The molecule has 1 amide bonds. The lowest BCUT2D eigenvalue weighted by Crippen LogP contribution is -2.30. The molecule has 12 heteroatoms. The van der Waals surface area contributed by atoms with Crippen molar-refractivity contribution < 1.29 is 42.5 Å². The number of nitrogens with two attached hydrogens (primary N) is 1. The number of unbranched alkanes of at least 4 members (excludes halogenated alkanes) is 1. The molecule has 1 aromatic carbocycles. The van der Waals surface area contributed by atoms with E-state index in [-0.39, 0.29) is 5.91 Å². The Bertz CT molecular complexity index is 756. The molecule has 0 radical (unpaired) electrons. The fourth-order valence-corrected chi connectivity index (χ4v) is 2.40. The highest BCUT2D eigenvalue weighted by Gasteiger charge is 2.38. The van der Waals surface area contributed by atoms with Crippen LogP contribution in [0.2, 0.25) is 0 Å². The Morgan fingerprint density at radius 2 is 1.87 bits per heavy atom. The predicted molar refractivity (Wildman–Crippen MR) is 106 cm³/mol. The molecule has 0 saturated heterocycles. The van der Waals surface area contributed by atoms with Gasteiger partial charge in [0.1, 0.15) is 11.8 Å². The zero-order chi connectivity index (χ0) is 23.3. The first kappa shape index (κ1) is 27.4. The molecule has 0 bridgehead atoms. The van der Waals surface area contributed by atoms with Crippen molar-refractivity contribution in [3.8, 4) is 5.75 Å². The Kier molecular flexibility index (Phi) is 12.4. The van der Waals surface area contributed by atoms with Gasteiger partial charge >= 0.3 is 18.1 Å². The number of rotatable bonds is 9. The van der Waals surface area contributed by atoms with E-state index >= 15 is 0 Å². The molecule has 30 heavy (non-hydrogen) atoms. The van der Waals surface area contributed by atoms with Crippen molar-refractivity contribution in [2.45, 2.75) is 31.5 Å². The number of hydrogen-bond donors (Lipinski definition) is 4. The third-order valence-corrected chi connectivity index (χ3v) is 4.02. The van der Waals surface area contributed by atoms with Gasteiger partial charge in [-0.2, -0.15) is 13.2 Å². The first-order valence-corrected chi connectivity index (χ1v) is 9.25. The summed E-state index contributed by atoms with van der Waals surface area (Å²) in [6.07, 6.45) is -0.171. The summed E-state index contributed by atoms with van der Waals surface area (Å²) < 4.78 is 37.7. The summed E-state index contributed by atoms with van der Waals surface area (Å²) in [4.78, 5) is 31.1. The number of aliphatic carboxylic acids is 2. The Morgan fingerprint density at radius 1 is 1.27 bits per heavy atom. The highest BCUT2D eigenvalue weighted by Crippen LogP contribution is 2.25. The quantitative estimate of drug-likeness (QED) is 0.303. The van der Waals surface area contributed by atoms with E-state index in [4.69, 9.17) is 25.5 Å². The number of carboxylic acids is 2. The predicted octanol–water partition coefficient (Wildman–Crippen LogP) is 2.80. The molecule has 1 rings (SSSR count). The van der Waals surface area contributed by atoms with Gasteiger partial charge in [0, 0.05) is 12.6 Å². The summed E-state index contributed by atoms with van der Waals surface area (Å²) in [5, 5.41) is 18.5. The molecule has 0 aliphatic rings. The van der Waals surface area contributed by atoms with E-state index in [0.717, 1.165) is 15.8 Å². The van der Waals surface area contributed by atoms with Gasteiger partial charge in [-0.25, -0.2) is 4.79 Å². The molecule has 0 aliphatic heterocycles. The molecule has 168 valence electrons. The van der Waals surface area contributed by atoms with Gasteiger partial charge in [0.15, 0.2) is 0 Å². The van der Waals surface area contributed by atoms with Crippen LogP contribution < -0.4 is 15.8 Å². The summed E-state index contributed by atoms with van der Waals surface area (Å²) in [7, 11) is 1.59. The van der Waals surface area contributed by atoms with E-state index in [9.17, 15) is 22.8 Å². The largest absolute Gasteiger partial charge is 0.496 e. The fraction of sp³-hybridized carbons (Fsp3) is 0.389. The van der Waals surface area contributed by atoms with Gasteiger partial charge in [-0.05, 0) is 59.0 Å². The Hall–Kier alpha value is -2.60. The van der Waals surface area contributed by atoms with Crippen LogP contribution in [0.15, 0.2) is 28.7 Å². The van der Waals surface area contributed by atoms with E-state index in [0.29, 0.717) is 25.8 Å². The van der Waals surface area contributed by atoms with Crippen LogP contribution in [-0.2, 0) is 14.4 Å². The number of benzene rings is 1. The van der Waals surface area contributed by atoms with E-state index < -0.39 is 24.2 Å². The Morgan fingerprint density at radius 3 is 2.33 bits per heavy atom. The number of ether oxygens (including phenoxy) is 1. The maximum absolute atomic E-state index is 11.7. The number of carbonyl (C=O) groups excluding carboxylic acids is 1. The van der Waals surface area contributed by atoms with Crippen LogP contribution in [0.1, 0.15) is 24.8 Å². The Labute approximate surface area is 179 Å². The SMILES string of the molecule is COc1ccc(/C=C/C(=O)NCCCC[C@@H](N)C(=O)O)cc1Br.O=C(O)C(F)(F)F. The van der Waals surface area contributed by atoms with Gasteiger partial charge in [-0.15, -0.1) is 0 Å². The minimum Gasteiger partial charge on any atom is -0.496 e. The molecule has 0 aliphatic carbocycles. The van der Waals surface area contributed by atoms with Gasteiger partial charge in [0.05, 0.1) is 11.6 Å². The average Bonchev–Trinajstić information content (AvgIpc) is 2.65. The van der Waals surface area contributed by atoms with Crippen molar-refractivity contribution >= 4 is 39.9 Å². The van der Waals surface area contributed by atoms with Crippen molar-refractivity contribution in [1.29, 1.82) is 0 Å². The Balaban J connectivity index is 0.00000103. The normalized spacial score (nSPS) is 11.9. The molecule has 0 saturated carbocycles. The number of nitrogens with one attached hydrogen (secondary N) is 1. The molecule has 0 unspecified atom stereocenters. The molecule has 0 spiro atoms. The summed E-state index contributed by atoms with van der Waals surface area (Å²) in [5.74, 6) is -3.22. The number of carboxylic acid groups (broad SMARTS) is 2. The topological polar surface area (TPSA) is 139 Å². The van der Waals surface area contributed by atoms with Crippen LogP contribution in [0.4, 0.5) is 13.2 Å². The van der Waals surface area contributed by atoms with Crippen LogP contribution >= 0.6 is 15.9 Å². The van der Waals surface area contributed by atoms with E-state index in [2.05, 4.69) is 21.2 Å². The van der Waals surface area contributed by atoms with Crippen molar-refractivity contribution in [2.24, 2.45) is 5.73 Å². The summed E-state index contributed by atoms with van der Waals surface area (Å²) >= 11 is 3.38. The number of amides is 1. The van der Waals surface area contributed by atoms with E-state index in [1.807, 2.05) is 18.2 Å². The van der Waals surface area contributed by atoms with Crippen molar-refractivity contribution in [3.05, 3.63) is 34.3 Å². The minimum atomic E-state index is -5.08. The molecule has 1 atom stereocenters. The van der Waals surface area contributed by atoms with Crippen LogP contribution in [0.3, 0.4) is 0 Å². The number of hydrogen-bond acceptors (Lipinski definition) is 5. The van der Waals surface area contributed by atoms with Gasteiger partial charge < -0.3 is 26.0 Å². The minimum absolute atomic E-state index is 0.195. The zero-order valence-electron chi connectivity index (χ0n) is 15.9. The second-order valence-electron chi connectivity index (χ2n) is 5.76. The lowest BCUT2D eigenvalue weighted by atomic mass is 10.1. The monoisotopic (exact) mass is 498 g/mol. The van der Waals surface area contributed by atoms with Crippen molar-refractivity contribution in [3.63, 3.8) is 0 Å². The molecule has 1 aromatic rings. The second kappa shape index (κ2) is 13.6. The average molecular weight is 499 g/mol. The lowest BCUT2D eigenvalue weighted by Gasteiger charge is -2.06. The first-order chi connectivity index (χ1) is 13.9. The number of alkyl halides is 3. The number of methoxy groups -OCH3 is 1. The third-order valence-electron chi connectivity index (χ3n) is 3.40. The van der Waals surface area contributed by atoms with Crippen molar-refractivity contribution in [1.82, 2.24) is 5.32 Å². The van der Waals surface area contributed by atoms with Gasteiger partial charge in [-0.1, -0.05) is 6.07 Å². The van der Waals surface area contributed by atoms with Crippen molar-refractivity contribution in [2.75, 3.05) is 13.7 Å². The van der Waals surface area contributed by atoms with Crippen LogP contribution in [0, 0.1) is 0 Å². The van der Waals surface area contributed by atoms with Crippen LogP contribution in [0.5, 0.6) is 5.75 Å². The fourth-order valence-electron chi connectivity index (χ4n) is 1.84. The van der Waals surface area contributed by atoms with Gasteiger partial charge in [0.25, 0.3) is 0 Å². The highest BCUT2D eigenvalue weighted by molar-refractivity contribution is 9.10. The lowest BCUT2D eigenvalue weighted by molar-refractivity contribution is -0.192.